The Kier molecular flexibility index (Phi) is 6.50. The maximum atomic E-state index is 13.6. The number of carbonyl (C=O) groups excluding carboxylic acids is 1. The van der Waals surface area contributed by atoms with E-state index in [-0.39, 0.29) is 5.91 Å². The highest BCUT2D eigenvalue weighted by Gasteiger charge is 2.42. The molecule has 4 nitrogen and oxygen atoms in total. The van der Waals surface area contributed by atoms with Crippen molar-refractivity contribution in [3.05, 3.63) is 33.8 Å². The highest BCUT2D eigenvalue weighted by atomic mass is 35.5. The SMILES string of the molecule is CCC(CC)(C(=O)N1CCC(N2CCNCC2)C1)c1ccc(Cl)c(Cl)c1. The van der Waals surface area contributed by atoms with Crippen LogP contribution in [0.4, 0.5) is 0 Å². The summed E-state index contributed by atoms with van der Waals surface area (Å²) in [5.74, 6) is 0.235. The van der Waals surface area contributed by atoms with Crippen LogP contribution >= 0.6 is 23.2 Å². The van der Waals surface area contributed by atoms with Gasteiger partial charge in [-0.15, -0.1) is 0 Å². The molecule has 0 saturated carbocycles. The number of hydrogen-bond donors (Lipinski definition) is 1. The van der Waals surface area contributed by atoms with Gasteiger partial charge in [0.15, 0.2) is 0 Å². The van der Waals surface area contributed by atoms with Crippen molar-refractivity contribution in [1.29, 1.82) is 0 Å². The quantitative estimate of drug-likeness (QED) is 0.824. The van der Waals surface area contributed by atoms with Crippen molar-refractivity contribution >= 4 is 29.1 Å². The van der Waals surface area contributed by atoms with Crippen LogP contribution in [0.25, 0.3) is 0 Å². The molecule has 6 heteroatoms. The third-order valence-corrected chi connectivity index (χ3v) is 6.95. The molecule has 1 aromatic rings. The van der Waals surface area contributed by atoms with E-state index in [0.717, 1.165) is 64.1 Å². The molecule has 0 bridgehead atoms. The molecule has 3 rings (SSSR count). The Morgan fingerprint density at radius 3 is 2.46 bits per heavy atom. The van der Waals surface area contributed by atoms with Gasteiger partial charge in [0, 0.05) is 45.3 Å². The second kappa shape index (κ2) is 8.47. The molecule has 0 radical (unpaired) electrons. The molecule has 1 unspecified atom stereocenters. The first-order valence-electron chi connectivity index (χ1n) is 9.71. The fourth-order valence-corrected chi connectivity index (χ4v) is 4.75. The average molecular weight is 398 g/mol. The lowest BCUT2D eigenvalue weighted by molar-refractivity contribution is -0.137. The smallest absolute Gasteiger partial charge is 0.233 e. The minimum atomic E-state index is -0.521. The molecule has 1 N–H and O–H groups in total. The maximum Gasteiger partial charge on any atom is 0.233 e. The Balaban J connectivity index is 1.79. The number of carbonyl (C=O) groups is 1. The molecule has 2 fully saturated rings. The Hall–Kier alpha value is -0.810. The molecule has 1 amide bonds. The van der Waals surface area contributed by atoms with E-state index in [1.807, 2.05) is 12.1 Å². The number of rotatable bonds is 5. The molecule has 0 spiro atoms. The molecule has 0 aromatic heterocycles. The predicted molar refractivity (Wildman–Crippen MR) is 108 cm³/mol. The molecular formula is C20H29Cl2N3O. The lowest BCUT2D eigenvalue weighted by Gasteiger charge is -2.36. The van der Waals surface area contributed by atoms with Crippen LogP contribution in [0.15, 0.2) is 18.2 Å². The van der Waals surface area contributed by atoms with Crippen molar-refractivity contribution < 1.29 is 4.79 Å². The number of benzene rings is 1. The summed E-state index contributed by atoms with van der Waals surface area (Å²) in [5.41, 5.74) is 0.458. The summed E-state index contributed by atoms with van der Waals surface area (Å²) >= 11 is 12.3. The van der Waals surface area contributed by atoms with Gasteiger partial charge in [0.2, 0.25) is 5.91 Å². The summed E-state index contributed by atoms with van der Waals surface area (Å²) in [6.07, 6.45) is 2.58. The molecule has 1 aromatic carbocycles. The Bertz CT molecular complexity index is 642. The fourth-order valence-electron chi connectivity index (χ4n) is 4.45. The van der Waals surface area contributed by atoms with Crippen LogP contribution in [0.2, 0.25) is 10.0 Å². The Morgan fingerprint density at radius 1 is 1.15 bits per heavy atom. The van der Waals surface area contributed by atoms with Crippen molar-refractivity contribution in [1.82, 2.24) is 15.1 Å². The van der Waals surface area contributed by atoms with E-state index < -0.39 is 5.41 Å². The topological polar surface area (TPSA) is 35.6 Å². The van der Waals surface area contributed by atoms with E-state index in [1.165, 1.54) is 0 Å². The molecule has 2 aliphatic rings. The van der Waals surface area contributed by atoms with Crippen LogP contribution in [0.1, 0.15) is 38.7 Å². The highest BCUT2D eigenvalue weighted by Crippen LogP contribution is 2.38. The number of amides is 1. The standard InChI is InChI=1S/C20H29Cl2N3O/c1-3-20(4-2,15-5-6-17(21)18(22)13-15)19(26)25-10-7-16(14-25)24-11-8-23-9-12-24/h5-6,13,16,23H,3-4,7-12,14H2,1-2H3. The number of piperazine rings is 1. The van der Waals surface area contributed by atoms with Gasteiger partial charge in [0.05, 0.1) is 15.5 Å². The predicted octanol–water partition coefficient (Wildman–Crippen LogP) is 3.56. The maximum absolute atomic E-state index is 13.6. The van der Waals surface area contributed by atoms with E-state index in [9.17, 15) is 4.79 Å². The van der Waals surface area contributed by atoms with E-state index in [1.54, 1.807) is 6.07 Å². The van der Waals surface area contributed by atoms with Crippen molar-refractivity contribution in [3.63, 3.8) is 0 Å². The summed E-state index contributed by atoms with van der Waals surface area (Å²) in [5, 5.41) is 4.45. The van der Waals surface area contributed by atoms with Gasteiger partial charge >= 0.3 is 0 Å². The van der Waals surface area contributed by atoms with E-state index in [4.69, 9.17) is 23.2 Å². The number of hydrogen-bond acceptors (Lipinski definition) is 3. The van der Waals surface area contributed by atoms with Gasteiger partial charge in [-0.3, -0.25) is 9.69 Å². The zero-order chi connectivity index (χ0) is 18.7. The van der Waals surface area contributed by atoms with Gasteiger partial charge < -0.3 is 10.2 Å². The monoisotopic (exact) mass is 397 g/mol. The minimum Gasteiger partial charge on any atom is -0.340 e. The minimum absolute atomic E-state index is 0.235. The summed E-state index contributed by atoms with van der Waals surface area (Å²) in [7, 11) is 0. The zero-order valence-corrected chi connectivity index (χ0v) is 17.2. The molecule has 1 atom stereocenters. The third-order valence-electron chi connectivity index (χ3n) is 6.21. The zero-order valence-electron chi connectivity index (χ0n) is 15.7. The average Bonchev–Trinajstić information content (AvgIpc) is 3.16. The molecule has 2 saturated heterocycles. The number of halogens is 2. The molecule has 26 heavy (non-hydrogen) atoms. The van der Waals surface area contributed by atoms with Crippen LogP contribution < -0.4 is 5.32 Å². The normalized spacial score (nSPS) is 22.0. The number of nitrogens with one attached hydrogen (secondary N) is 1. The van der Waals surface area contributed by atoms with Crippen molar-refractivity contribution in [2.75, 3.05) is 39.3 Å². The summed E-state index contributed by atoms with van der Waals surface area (Å²) in [4.78, 5) is 18.2. The van der Waals surface area contributed by atoms with Crippen molar-refractivity contribution in [2.24, 2.45) is 0 Å². The molecule has 144 valence electrons. The fraction of sp³-hybridized carbons (Fsp3) is 0.650. The number of nitrogens with zero attached hydrogens (tertiary/aromatic N) is 2. The van der Waals surface area contributed by atoms with Gasteiger partial charge in [-0.2, -0.15) is 0 Å². The first-order valence-corrected chi connectivity index (χ1v) is 10.5. The van der Waals surface area contributed by atoms with Crippen LogP contribution in [0.5, 0.6) is 0 Å². The number of likely N-dealkylation sites (tertiary alicyclic amines) is 1. The van der Waals surface area contributed by atoms with Crippen LogP contribution in [0, 0.1) is 0 Å². The molecule has 0 aliphatic carbocycles. The van der Waals surface area contributed by atoms with Gasteiger partial charge in [-0.25, -0.2) is 0 Å². The highest BCUT2D eigenvalue weighted by molar-refractivity contribution is 6.42. The summed E-state index contributed by atoms with van der Waals surface area (Å²) in [6, 6.07) is 6.13. The van der Waals surface area contributed by atoms with Crippen LogP contribution in [0.3, 0.4) is 0 Å². The molecule has 2 heterocycles. The third kappa shape index (κ3) is 3.75. The molecule has 2 aliphatic heterocycles. The first kappa shape index (κ1) is 19.9. The van der Waals surface area contributed by atoms with Crippen molar-refractivity contribution in [2.45, 2.75) is 44.6 Å². The first-order chi connectivity index (χ1) is 12.5. The summed E-state index contributed by atoms with van der Waals surface area (Å²) in [6.45, 7) is 10.1. The lowest BCUT2D eigenvalue weighted by atomic mass is 9.74. The van der Waals surface area contributed by atoms with Gasteiger partial charge in [-0.05, 0) is 37.0 Å². The largest absolute Gasteiger partial charge is 0.340 e. The van der Waals surface area contributed by atoms with Crippen LogP contribution in [-0.2, 0) is 10.2 Å². The summed E-state index contributed by atoms with van der Waals surface area (Å²) < 4.78 is 0. The van der Waals surface area contributed by atoms with Crippen molar-refractivity contribution in [3.8, 4) is 0 Å². The van der Waals surface area contributed by atoms with E-state index in [2.05, 4.69) is 29.0 Å². The second-order valence-corrected chi connectivity index (χ2v) is 8.21. The van der Waals surface area contributed by atoms with Gasteiger partial charge in [0.25, 0.3) is 0 Å². The second-order valence-electron chi connectivity index (χ2n) is 7.40. The van der Waals surface area contributed by atoms with Gasteiger partial charge in [0.1, 0.15) is 0 Å². The molecular weight excluding hydrogens is 369 g/mol. The van der Waals surface area contributed by atoms with E-state index in [0.29, 0.717) is 16.1 Å². The van der Waals surface area contributed by atoms with E-state index >= 15 is 0 Å². The van der Waals surface area contributed by atoms with Gasteiger partial charge in [-0.1, -0.05) is 43.1 Å². The van der Waals surface area contributed by atoms with Crippen LogP contribution in [-0.4, -0.2) is 61.0 Å². The lowest BCUT2D eigenvalue weighted by Crippen LogP contribution is -2.50. The Labute approximate surface area is 166 Å². The Morgan fingerprint density at radius 2 is 1.85 bits per heavy atom.